The third-order valence-corrected chi connectivity index (χ3v) is 2.76. The molecule has 0 unspecified atom stereocenters. The highest BCUT2D eigenvalue weighted by Gasteiger charge is 2.22. The molecule has 1 nitrogen and oxygen atoms in total. The molecule has 0 aliphatic heterocycles. The van der Waals surface area contributed by atoms with Gasteiger partial charge in [0.25, 0.3) is 0 Å². The molecule has 1 aromatic rings. The molecule has 1 rings (SSSR count). The van der Waals surface area contributed by atoms with Crippen molar-refractivity contribution >= 4 is 27.3 Å². The first-order valence-electron chi connectivity index (χ1n) is 2.81. The fourth-order valence-electron chi connectivity index (χ4n) is 0.529. The van der Waals surface area contributed by atoms with Gasteiger partial charge in [0.1, 0.15) is 5.01 Å². The molecule has 0 radical (unpaired) electrons. The van der Waals surface area contributed by atoms with Crippen molar-refractivity contribution in [2.45, 2.75) is 19.5 Å². The monoisotopic (exact) mass is 223 g/mol. The van der Waals surface area contributed by atoms with Crippen molar-refractivity contribution in [2.24, 2.45) is 0 Å². The molecular weight excluding hydrogens is 217 g/mol. The van der Waals surface area contributed by atoms with Gasteiger partial charge < -0.3 is 0 Å². The fourth-order valence-corrected chi connectivity index (χ4v) is 1.73. The lowest BCUT2D eigenvalue weighted by atomic mass is 10.2. The minimum atomic E-state index is -1.31. The maximum absolute atomic E-state index is 13.1. The molecule has 10 heavy (non-hydrogen) atoms. The summed E-state index contributed by atoms with van der Waals surface area (Å²) in [5, 5.41) is 0.513. The number of hydrogen-bond acceptors (Lipinski definition) is 2. The number of thiazole rings is 1. The van der Waals surface area contributed by atoms with Crippen molar-refractivity contribution < 1.29 is 4.39 Å². The molecule has 0 spiro atoms. The smallest absolute Gasteiger partial charge is 0.156 e. The maximum atomic E-state index is 13.1. The summed E-state index contributed by atoms with van der Waals surface area (Å²) >= 11 is 4.54. The molecule has 0 atom stereocenters. The standard InChI is InChI=1S/C6H7BrFNS/c1-6(2,8)5-9-3-4(7)10-5/h3H,1-2H3. The highest BCUT2D eigenvalue weighted by molar-refractivity contribution is 9.11. The van der Waals surface area contributed by atoms with Crippen LogP contribution < -0.4 is 0 Å². The molecule has 0 N–H and O–H groups in total. The van der Waals surface area contributed by atoms with Crippen LogP contribution in [-0.2, 0) is 5.67 Å². The molecule has 0 fully saturated rings. The molecule has 56 valence electrons. The number of nitrogens with zero attached hydrogens (tertiary/aromatic N) is 1. The lowest BCUT2D eigenvalue weighted by Crippen LogP contribution is -2.07. The maximum Gasteiger partial charge on any atom is 0.156 e. The van der Waals surface area contributed by atoms with Gasteiger partial charge in [-0.05, 0) is 29.8 Å². The van der Waals surface area contributed by atoms with E-state index in [1.54, 1.807) is 6.20 Å². The first kappa shape index (κ1) is 8.14. The number of halogens is 2. The number of alkyl halides is 1. The summed E-state index contributed by atoms with van der Waals surface area (Å²) in [6.07, 6.45) is 1.61. The van der Waals surface area contributed by atoms with Crippen LogP contribution in [0.3, 0.4) is 0 Å². The predicted octanol–water partition coefficient (Wildman–Crippen LogP) is 3.11. The largest absolute Gasteiger partial charge is 0.245 e. The lowest BCUT2D eigenvalue weighted by Gasteiger charge is -2.08. The number of aromatic nitrogens is 1. The number of rotatable bonds is 1. The van der Waals surface area contributed by atoms with Gasteiger partial charge in [0.15, 0.2) is 5.67 Å². The summed E-state index contributed by atoms with van der Waals surface area (Å²) in [4.78, 5) is 3.88. The molecule has 0 saturated carbocycles. The third-order valence-electron chi connectivity index (χ3n) is 0.986. The van der Waals surface area contributed by atoms with E-state index >= 15 is 0 Å². The summed E-state index contributed by atoms with van der Waals surface area (Å²) in [5.41, 5.74) is -1.31. The summed E-state index contributed by atoms with van der Waals surface area (Å²) in [7, 11) is 0. The molecule has 0 aromatic carbocycles. The molecule has 0 bridgehead atoms. The Bertz CT molecular complexity index is 228. The summed E-state index contributed by atoms with van der Waals surface area (Å²) in [6, 6.07) is 0. The van der Waals surface area contributed by atoms with Crippen LogP contribution >= 0.6 is 27.3 Å². The third kappa shape index (κ3) is 1.76. The van der Waals surface area contributed by atoms with E-state index in [9.17, 15) is 4.39 Å². The Balaban J connectivity index is 2.96. The van der Waals surface area contributed by atoms with Gasteiger partial charge in [-0.3, -0.25) is 0 Å². The van der Waals surface area contributed by atoms with Crippen LogP contribution in [0.1, 0.15) is 18.9 Å². The van der Waals surface area contributed by atoms with Crippen LogP contribution in [0, 0.1) is 0 Å². The van der Waals surface area contributed by atoms with Crippen LogP contribution in [0.15, 0.2) is 9.98 Å². The average molecular weight is 224 g/mol. The van der Waals surface area contributed by atoms with E-state index in [4.69, 9.17) is 0 Å². The first-order chi connectivity index (χ1) is 4.50. The van der Waals surface area contributed by atoms with Gasteiger partial charge in [-0.2, -0.15) is 0 Å². The van der Waals surface area contributed by atoms with Crippen molar-refractivity contribution in [3.8, 4) is 0 Å². The van der Waals surface area contributed by atoms with Gasteiger partial charge in [0.2, 0.25) is 0 Å². The molecule has 4 heteroatoms. The SMILES string of the molecule is CC(C)(F)c1ncc(Br)s1. The molecule has 1 aromatic heterocycles. The van der Waals surface area contributed by atoms with E-state index in [2.05, 4.69) is 20.9 Å². The zero-order chi connectivity index (χ0) is 7.78. The van der Waals surface area contributed by atoms with E-state index in [1.807, 2.05) is 0 Å². The van der Waals surface area contributed by atoms with Gasteiger partial charge in [-0.15, -0.1) is 11.3 Å². The van der Waals surface area contributed by atoms with E-state index in [0.717, 1.165) is 3.79 Å². The van der Waals surface area contributed by atoms with E-state index < -0.39 is 5.67 Å². The van der Waals surface area contributed by atoms with Crippen molar-refractivity contribution in [3.05, 3.63) is 15.0 Å². The summed E-state index contributed by atoms with van der Waals surface area (Å²) < 4.78 is 13.9. The zero-order valence-electron chi connectivity index (χ0n) is 5.69. The highest BCUT2D eigenvalue weighted by atomic mass is 79.9. The Morgan fingerprint density at radius 2 is 2.30 bits per heavy atom. The molecule has 1 heterocycles. The van der Waals surface area contributed by atoms with Gasteiger partial charge in [0.05, 0.1) is 9.98 Å². The normalized spacial score (nSPS) is 12.0. The minimum Gasteiger partial charge on any atom is -0.245 e. The minimum absolute atomic E-state index is 0.513. The van der Waals surface area contributed by atoms with Crippen LogP contribution in [-0.4, -0.2) is 4.98 Å². The van der Waals surface area contributed by atoms with Crippen LogP contribution in [0.5, 0.6) is 0 Å². The lowest BCUT2D eigenvalue weighted by molar-refractivity contribution is 0.220. The Hall–Kier alpha value is 0.0400. The molecule has 0 aliphatic rings. The fraction of sp³-hybridized carbons (Fsp3) is 0.500. The van der Waals surface area contributed by atoms with E-state index in [1.165, 1.54) is 25.2 Å². The Labute approximate surface area is 71.4 Å². The predicted molar refractivity (Wildman–Crippen MR) is 43.9 cm³/mol. The van der Waals surface area contributed by atoms with Crippen molar-refractivity contribution in [3.63, 3.8) is 0 Å². The second-order valence-electron chi connectivity index (χ2n) is 2.44. The topological polar surface area (TPSA) is 12.9 Å². The van der Waals surface area contributed by atoms with Crippen molar-refractivity contribution in [1.29, 1.82) is 0 Å². The summed E-state index contributed by atoms with van der Waals surface area (Å²) in [6.45, 7) is 3.00. The van der Waals surface area contributed by atoms with E-state index in [-0.39, 0.29) is 0 Å². The van der Waals surface area contributed by atoms with E-state index in [0.29, 0.717) is 5.01 Å². The zero-order valence-corrected chi connectivity index (χ0v) is 8.09. The van der Waals surface area contributed by atoms with Crippen LogP contribution in [0.4, 0.5) is 4.39 Å². The van der Waals surface area contributed by atoms with Crippen LogP contribution in [0.25, 0.3) is 0 Å². The summed E-state index contributed by atoms with van der Waals surface area (Å²) in [5.74, 6) is 0. The Morgan fingerprint density at radius 3 is 2.50 bits per heavy atom. The van der Waals surface area contributed by atoms with Crippen molar-refractivity contribution in [2.75, 3.05) is 0 Å². The molecule has 0 saturated heterocycles. The van der Waals surface area contributed by atoms with Crippen LogP contribution in [0.2, 0.25) is 0 Å². The second kappa shape index (κ2) is 2.58. The van der Waals surface area contributed by atoms with Gasteiger partial charge in [0, 0.05) is 0 Å². The molecular formula is C6H7BrFNS. The first-order valence-corrected chi connectivity index (χ1v) is 4.42. The molecule has 0 aliphatic carbocycles. The quantitative estimate of drug-likeness (QED) is 0.714. The highest BCUT2D eigenvalue weighted by Crippen LogP contribution is 2.30. The van der Waals surface area contributed by atoms with Gasteiger partial charge in [-0.25, -0.2) is 9.37 Å². The Kier molecular flexibility index (Phi) is 2.10. The Morgan fingerprint density at radius 1 is 1.70 bits per heavy atom. The number of hydrogen-bond donors (Lipinski definition) is 0. The van der Waals surface area contributed by atoms with Gasteiger partial charge >= 0.3 is 0 Å². The van der Waals surface area contributed by atoms with Gasteiger partial charge in [-0.1, -0.05) is 0 Å². The molecule has 0 amide bonds. The average Bonchev–Trinajstić information content (AvgIpc) is 2.11. The van der Waals surface area contributed by atoms with Crippen molar-refractivity contribution in [1.82, 2.24) is 4.98 Å². The second-order valence-corrected chi connectivity index (χ2v) is 4.85.